The maximum atomic E-state index is 12.8. The summed E-state index contributed by atoms with van der Waals surface area (Å²) in [5.41, 5.74) is 0.572. The molecule has 1 aromatic carbocycles. The van der Waals surface area contributed by atoms with E-state index in [0.717, 1.165) is 4.90 Å². The Balaban J connectivity index is 2.23. The highest BCUT2D eigenvalue weighted by atomic mass is 32.2. The van der Waals surface area contributed by atoms with Crippen LogP contribution in [0.1, 0.15) is 13.8 Å². The van der Waals surface area contributed by atoms with E-state index in [1.54, 1.807) is 26.0 Å². The van der Waals surface area contributed by atoms with Crippen LogP contribution in [0.3, 0.4) is 0 Å². The van der Waals surface area contributed by atoms with Gasteiger partial charge in [0, 0.05) is 10.6 Å². The van der Waals surface area contributed by atoms with E-state index in [1.807, 2.05) is 12.1 Å². The summed E-state index contributed by atoms with van der Waals surface area (Å²) < 4.78 is 4.94. The van der Waals surface area contributed by atoms with Gasteiger partial charge in [-0.2, -0.15) is 0 Å². The second-order valence-electron chi connectivity index (χ2n) is 5.29. The van der Waals surface area contributed by atoms with E-state index in [0.29, 0.717) is 11.4 Å². The van der Waals surface area contributed by atoms with Gasteiger partial charge in [-0.3, -0.25) is 24.6 Å². The predicted octanol–water partition coefficient (Wildman–Crippen LogP) is 1.12. The van der Waals surface area contributed by atoms with Gasteiger partial charge in [0.1, 0.15) is 12.6 Å². The first kappa shape index (κ1) is 18.3. The average molecular weight is 352 g/mol. The number of thioether (sulfide) groups is 1. The Morgan fingerprint density at radius 3 is 2.83 bits per heavy atom. The summed E-state index contributed by atoms with van der Waals surface area (Å²) in [4.78, 5) is 37.8. The molecule has 0 aliphatic carbocycles. The molecule has 2 rings (SSSR count). The summed E-state index contributed by atoms with van der Waals surface area (Å²) in [6, 6.07) is 5.83. The Bertz CT molecular complexity index is 637. The van der Waals surface area contributed by atoms with Crippen molar-refractivity contribution in [3.63, 3.8) is 0 Å². The van der Waals surface area contributed by atoms with Gasteiger partial charge in [-0.1, -0.05) is 12.1 Å². The van der Waals surface area contributed by atoms with Crippen molar-refractivity contribution in [2.24, 2.45) is 0 Å². The third-order valence-electron chi connectivity index (χ3n) is 3.51. The minimum Gasteiger partial charge on any atom is -0.480 e. The van der Waals surface area contributed by atoms with Crippen molar-refractivity contribution in [2.45, 2.75) is 30.8 Å². The Morgan fingerprint density at radius 1 is 1.46 bits per heavy atom. The number of nitrogens with one attached hydrogen (secondary N) is 1. The van der Waals surface area contributed by atoms with Gasteiger partial charge in [0.25, 0.3) is 0 Å². The van der Waals surface area contributed by atoms with Crippen LogP contribution in [0.15, 0.2) is 29.2 Å². The van der Waals surface area contributed by atoms with Gasteiger partial charge in [0.2, 0.25) is 5.91 Å². The van der Waals surface area contributed by atoms with Crippen molar-refractivity contribution in [2.75, 3.05) is 23.8 Å². The summed E-state index contributed by atoms with van der Waals surface area (Å²) in [5, 5.41) is 12.1. The molecule has 130 valence electrons. The van der Waals surface area contributed by atoms with Crippen LogP contribution < -0.4 is 10.2 Å². The monoisotopic (exact) mass is 352 g/mol. The second kappa shape index (κ2) is 8.16. The largest absolute Gasteiger partial charge is 0.480 e. The Hall–Kier alpha value is -2.06. The summed E-state index contributed by atoms with van der Waals surface area (Å²) in [5.74, 6) is -1.51. The summed E-state index contributed by atoms with van der Waals surface area (Å²) >= 11 is 1.45. The zero-order chi connectivity index (χ0) is 17.7. The number of esters is 1. The lowest BCUT2D eigenvalue weighted by Crippen LogP contribution is -2.53. The Labute approximate surface area is 144 Å². The highest BCUT2D eigenvalue weighted by molar-refractivity contribution is 7.99. The summed E-state index contributed by atoms with van der Waals surface area (Å²) in [7, 11) is 0. The summed E-state index contributed by atoms with van der Waals surface area (Å²) in [6.07, 6.45) is 0. The maximum Gasteiger partial charge on any atom is 0.323 e. The number of para-hydroxylation sites is 1. The normalized spacial score (nSPS) is 18.5. The van der Waals surface area contributed by atoms with Crippen LogP contribution in [0, 0.1) is 0 Å². The minimum absolute atomic E-state index is 0.259. The number of fused-ring (bicyclic) bond motifs is 1. The van der Waals surface area contributed by atoms with Crippen molar-refractivity contribution in [3.8, 4) is 0 Å². The molecule has 1 aliphatic rings. The number of carbonyl (C=O) groups excluding carboxylic acids is 2. The first-order valence-electron chi connectivity index (χ1n) is 7.61. The molecule has 8 heteroatoms. The number of benzene rings is 1. The number of rotatable bonds is 6. The zero-order valence-electron chi connectivity index (χ0n) is 13.5. The molecule has 2 unspecified atom stereocenters. The topological polar surface area (TPSA) is 95.9 Å². The van der Waals surface area contributed by atoms with Gasteiger partial charge in [-0.25, -0.2) is 0 Å². The van der Waals surface area contributed by atoms with Crippen LogP contribution in [-0.4, -0.2) is 53.9 Å². The predicted molar refractivity (Wildman–Crippen MR) is 90.2 cm³/mol. The van der Waals surface area contributed by atoms with E-state index in [9.17, 15) is 14.4 Å². The van der Waals surface area contributed by atoms with Crippen LogP contribution in [-0.2, 0) is 19.1 Å². The SMILES string of the molecule is CCOC(=O)C(C)NC1CSc2ccccc2N(CC(=O)O)C1=O. The molecule has 0 saturated carbocycles. The van der Waals surface area contributed by atoms with E-state index in [4.69, 9.17) is 9.84 Å². The number of aliphatic carboxylic acids is 1. The third kappa shape index (κ3) is 4.27. The minimum atomic E-state index is -1.10. The number of amides is 1. The van der Waals surface area contributed by atoms with Gasteiger partial charge in [0.15, 0.2) is 0 Å². The molecule has 7 nitrogen and oxygen atoms in total. The van der Waals surface area contributed by atoms with Crippen molar-refractivity contribution in [3.05, 3.63) is 24.3 Å². The van der Waals surface area contributed by atoms with Gasteiger partial charge in [0.05, 0.1) is 18.3 Å². The number of carboxylic acid groups (broad SMARTS) is 1. The van der Waals surface area contributed by atoms with Crippen LogP contribution in [0.5, 0.6) is 0 Å². The number of anilines is 1. The van der Waals surface area contributed by atoms with Crippen LogP contribution >= 0.6 is 11.8 Å². The lowest BCUT2D eigenvalue weighted by molar-refractivity contribution is -0.145. The molecular formula is C16H20N2O5S. The second-order valence-corrected chi connectivity index (χ2v) is 6.35. The van der Waals surface area contributed by atoms with Gasteiger partial charge < -0.3 is 9.84 Å². The molecule has 1 heterocycles. The van der Waals surface area contributed by atoms with E-state index in [1.165, 1.54) is 16.7 Å². The van der Waals surface area contributed by atoms with Gasteiger partial charge in [-0.15, -0.1) is 11.8 Å². The molecule has 0 fully saturated rings. The molecule has 1 aliphatic heterocycles. The molecular weight excluding hydrogens is 332 g/mol. The number of carbonyl (C=O) groups is 3. The molecule has 0 spiro atoms. The molecule has 24 heavy (non-hydrogen) atoms. The zero-order valence-corrected chi connectivity index (χ0v) is 14.3. The van der Waals surface area contributed by atoms with Crippen LogP contribution in [0.4, 0.5) is 5.69 Å². The fourth-order valence-corrected chi connectivity index (χ4v) is 3.49. The number of carboxylic acids is 1. The molecule has 1 aromatic rings. The van der Waals surface area contributed by atoms with Crippen molar-refractivity contribution in [1.82, 2.24) is 5.32 Å². The van der Waals surface area contributed by atoms with Crippen LogP contribution in [0.25, 0.3) is 0 Å². The lowest BCUT2D eigenvalue weighted by Gasteiger charge is -2.25. The van der Waals surface area contributed by atoms with E-state index in [2.05, 4.69) is 5.32 Å². The number of nitrogens with zero attached hydrogens (tertiary/aromatic N) is 1. The molecule has 2 N–H and O–H groups in total. The van der Waals surface area contributed by atoms with Gasteiger partial charge >= 0.3 is 11.9 Å². The van der Waals surface area contributed by atoms with Gasteiger partial charge in [-0.05, 0) is 26.0 Å². The van der Waals surface area contributed by atoms with E-state index in [-0.39, 0.29) is 12.5 Å². The maximum absolute atomic E-state index is 12.8. The van der Waals surface area contributed by atoms with E-state index >= 15 is 0 Å². The van der Waals surface area contributed by atoms with E-state index < -0.39 is 30.6 Å². The molecule has 2 atom stereocenters. The van der Waals surface area contributed by atoms with Crippen molar-refractivity contribution < 1.29 is 24.2 Å². The fourth-order valence-electron chi connectivity index (χ4n) is 2.41. The quantitative estimate of drug-likeness (QED) is 0.741. The smallest absolute Gasteiger partial charge is 0.323 e. The first-order chi connectivity index (χ1) is 11.4. The third-order valence-corrected chi connectivity index (χ3v) is 4.67. The van der Waals surface area contributed by atoms with Crippen molar-refractivity contribution >= 4 is 35.3 Å². The van der Waals surface area contributed by atoms with Crippen molar-refractivity contribution in [1.29, 1.82) is 0 Å². The standard InChI is InChI=1S/C16H20N2O5S/c1-3-23-16(22)10(2)17-11-9-24-13-7-5-4-6-12(13)18(15(11)21)8-14(19)20/h4-7,10-11,17H,3,8-9H2,1-2H3,(H,19,20). The molecule has 1 amide bonds. The molecule has 0 aromatic heterocycles. The molecule has 0 radical (unpaired) electrons. The first-order valence-corrected chi connectivity index (χ1v) is 8.60. The average Bonchev–Trinajstić information content (AvgIpc) is 2.67. The Kier molecular flexibility index (Phi) is 6.22. The summed E-state index contributed by atoms with van der Waals surface area (Å²) in [6.45, 7) is 3.16. The Morgan fingerprint density at radius 2 is 2.17 bits per heavy atom. The highest BCUT2D eigenvalue weighted by Gasteiger charge is 2.33. The number of ether oxygens (including phenoxy) is 1. The fraction of sp³-hybridized carbons (Fsp3) is 0.438. The van der Waals surface area contributed by atoms with Crippen LogP contribution in [0.2, 0.25) is 0 Å². The number of hydrogen-bond acceptors (Lipinski definition) is 6. The highest BCUT2D eigenvalue weighted by Crippen LogP contribution is 2.34. The lowest BCUT2D eigenvalue weighted by atomic mass is 10.2. The molecule has 0 bridgehead atoms. The molecule has 0 saturated heterocycles. The number of hydrogen-bond donors (Lipinski definition) is 2.